The molecule has 1 aliphatic carbocycles. The molecule has 1 fully saturated rings. The summed E-state index contributed by atoms with van der Waals surface area (Å²) in [6.07, 6.45) is 4.20. The molecule has 17 heavy (non-hydrogen) atoms. The molecule has 3 nitrogen and oxygen atoms in total. The molecule has 0 heterocycles. The first-order valence-corrected chi connectivity index (χ1v) is 6.46. The number of rotatable bonds is 3. The Kier molecular flexibility index (Phi) is 5.22. The molecule has 0 radical (unpaired) electrons. The van der Waals surface area contributed by atoms with E-state index in [-0.39, 0.29) is 18.8 Å². The van der Waals surface area contributed by atoms with E-state index in [2.05, 4.69) is 5.32 Å². The number of carbonyl (C=O) groups excluding carboxylic acids is 1. The Morgan fingerprint density at radius 3 is 2.35 bits per heavy atom. The molecule has 0 atom stereocenters. The Morgan fingerprint density at radius 2 is 1.88 bits per heavy atom. The maximum atomic E-state index is 12.2. The molecule has 0 aromatic heterocycles. The predicted octanol–water partition coefficient (Wildman–Crippen LogP) is 3.43. The summed E-state index contributed by atoms with van der Waals surface area (Å²) in [5, 5.41) is 2.88. The Morgan fingerprint density at radius 1 is 1.29 bits per heavy atom. The maximum Gasteiger partial charge on any atom is 0.407 e. The van der Waals surface area contributed by atoms with E-state index in [4.69, 9.17) is 4.74 Å². The molecule has 100 valence electrons. The van der Waals surface area contributed by atoms with Crippen molar-refractivity contribution >= 4 is 6.09 Å². The second kappa shape index (κ2) is 6.22. The molecule has 1 amide bonds. The van der Waals surface area contributed by atoms with Crippen LogP contribution in [0.2, 0.25) is 0 Å². The lowest BCUT2D eigenvalue weighted by Crippen LogP contribution is -2.40. The summed E-state index contributed by atoms with van der Waals surface area (Å²) in [6, 6.07) is 0.195. The van der Waals surface area contributed by atoms with Gasteiger partial charge in [0, 0.05) is 6.04 Å². The third kappa shape index (κ3) is 5.89. The zero-order valence-corrected chi connectivity index (χ0v) is 11.1. The maximum absolute atomic E-state index is 12.2. The van der Waals surface area contributed by atoms with Gasteiger partial charge in [-0.2, -0.15) is 0 Å². The minimum absolute atomic E-state index is 0.195. The second-order valence-corrected chi connectivity index (χ2v) is 5.84. The molecule has 0 aromatic rings. The Bertz CT molecular complexity index is 242. The van der Waals surface area contributed by atoms with Gasteiger partial charge in [-0.15, -0.1) is 0 Å². The molecule has 0 aliphatic heterocycles. The first-order chi connectivity index (χ1) is 7.90. The van der Waals surface area contributed by atoms with Crippen LogP contribution in [0.25, 0.3) is 0 Å². The van der Waals surface area contributed by atoms with Crippen molar-refractivity contribution < 1.29 is 13.9 Å². The third-order valence-electron chi connectivity index (χ3n) is 3.08. The van der Waals surface area contributed by atoms with Crippen molar-refractivity contribution in [1.82, 2.24) is 5.32 Å². The standard InChI is InChI=1S/C13H24FNO2/c1-13(2,3)17-12(16)15-11-6-4-10(5-7-11)8-9-14/h10-11H,4-9H2,1-3H3,(H,15,16). The molecule has 0 bridgehead atoms. The number of hydrogen-bond acceptors (Lipinski definition) is 2. The molecular weight excluding hydrogens is 221 g/mol. The van der Waals surface area contributed by atoms with Gasteiger partial charge in [0.15, 0.2) is 0 Å². The lowest BCUT2D eigenvalue weighted by Gasteiger charge is -2.29. The summed E-state index contributed by atoms with van der Waals surface area (Å²) in [7, 11) is 0. The van der Waals surface area contributed by atoms with Crippen LogP contribution in [0.15, 0.2) is 0 Å². The number of amides is 1. The van der Waals surface area contributed by atoms with E-state index in [9.17, 15) is 9.18 Å². The van der Waals surface area contributed by atoms with Crippen molar-refractivity contribution in [2.24, 2.45) is 5.92 Å². The number of halogens is 1. The molecule has 1 saturated carbocycles. The van der Waals surface area contributed by atoms with Crippen LogP contribution in [0, 0.1) is 5.92 Å². The highest BCUT2D eigenvalue weighted by Crippen LogP contribution is 2.27. The predicted molar refractivity (Wildman–Crippen MR) is 65.7 cm³/mol. The van der Waals surface area contributed by atoms with E-state index in [1.54, 1.807) is 0 Å². The molecule has 1 N–H and O–H groups in total. The van der Waals surface area contributed by atoms with Crippen molar-refractivity contribution in [3.05, 3.63) is 0 Å². The van der Waals surface area contributed by atoms with Gasteiger partial charge < -0.3 is 10.1 Å². The zero-order valence-electron chi connectivity index (χ0n) is 11.1. The van der Waals surface area contributed by atoms with Crippen molar-refractivity contribution in [2.75, 3.05) is 6.67 Å². The van der Waals surface area contributed by atoms with Crippen LogP contribution in [0.3, 0.4) is 0 Å². The Labute approximate surface area is 103 Å². The van der Waals surface area contributed by atoms with Crippen LogP contribution >= 0.6 is 0 Å². The van der Waals surface area contributed by atoms with Crippen molar-refractivity contribution in [2.45, 2.75) is 64.5 Å². The lowest BCUT2D eigenvalue weighted by atomic mass is 9.84. The molecule has 1 rings (SSSR count). The molecule has 4 heteroatoms. The van der Waals surface area contributed by atoms with Gasteiger partial charge in [-0.3, -0.25) is 4.39 Å². The third-order valence-corrected chi connectivity index (χ3v) is 3.08. The van der Waals surface area contributed by atoms with Gasteiger partial charge in [-0.05, 0) is 58.8 Å². The van der Waals surface area contributed by atoms with Crippen molar-refractivity contribution in [3.8, 4) is 0 Å². The minimum Gasteiger partial charge on any atom is -0.444 e. The largest absolute Gasteiger partial charge is 0.444 e. The summed E-state index contributed by atoms with van der Waals surface area (Å²) in [5.41, 5.74) is -0.449. The fourth-order valence-electron chi connectivity index (χ4n) is 2.22. The SMILES string of the molecule is CC(C)(C)OC(=O)NC1CCC(CCF)CC1. The van der Waals surface area contributed by atoms with E-state index in [0.717, 1.165) is 25.7 Å². The van der Waals surface area contributed by atoms with Gasteiger partial charge in [0.1, 0.15) is 5.60 Å². The fourth-order valence-corrected chi connectivity index (χ4v) is 2.22. The average molecular weight is 245 g/mol. The molecule has 0 spiro atoms. The number of alkyl carbamates (subject to hydrolysis) is 1. The fraction of sp³-hybridized carbons (Fsp3) is 0.923. The van der Waals surface area contributed by atoms with E-state index in [1.807, 2.05) is 20.8 Å². The van der Waals surface area contributed by atoms with Crippen LogP contribution in [0.5, 0.6) is 0 Å². The monoisotopic (exact) mass is 245 g/mol. The van der Waals surface area contributed by atoms with Crippen LogP contribution in [0.1, 0.15) is 52.9 Å². The van der Waals surface area contributed by atoms with Crippen molar-refractivity contribution in [3.63, 3.8) is 0 Å². The molecule has 0 saturated heterocycles. The van der Waals surface area contributed by atoms with E-state index in [1.165, 1.54) is 0 Å². The summed E-state index contributed by atoms with van der Waals surface area (Å²) < 4.78 is 17.4. The zero-order chi connectivity index (χ0) is 12.9. The average Bonchev–Trinajstić information content (AvgIpc) is 2.18. The summed E-state index contributed by atoms with van der Waals surface area (Å²) in [5.74, 6) is 0.497. The Hall–Kier alpha value is -0.800. The first kappa shape index (κ1) is 14.3. The molecule has 0 aromatic carbocycles. The number of hydrogen-bond donors (Lipinski definition) is 1. The van der Waals surface area contributed by atoms with Gasteiger partial charge in [0.05, 0.1) is 6.67 Å². The van der Waals surface area contributed by atoms with Gasteiger partial charge in [0.25, 0.3) is 0 Å². The highest BCUT2D eigenvalue weighted by Gasteiger charge is 2.24. The highest BCUT2D eigenvalue weighted by atomic mass is 19.1. The van der Waals surface area contributed by atoms with Gasteiger partial charge in [-0.25, -0.2) is 4.79 Å². The van der Waals surface area contributed by atoms with Crippen LogP contribution in [-0.2, 0) is 4.74 Å². The van der Waals surface area contributed by atoms with Crippen molar-refractivity contribution in [1.29, 1.82) is 0 Å². The molecule has 1 aliphatic rings. The first-order valence-electron chi connectivity index (χ1n) is 6.46. The topological polar surface area (TPSA) is 38.3 Å². The number of alkyl halides is 1. The summed E-state index contributed by atoms with van der Waals surface area (Å²) in [6.45, 7) is 5.33. The Balaban J connectivity index is 2.24. The number of nitrogens with one attached hydrogen (secondary N) is 1. The quantitative estimate of drug-likeness (QED) is 0.827. The number of carbonyl (C=O) groups is 1. The lowest BCUT2D eigenvalue weighted by molar-refractivity contribution is 0.0486. The molecular formula is C13H24FNO2. The van der Waals surface area contributed by atoms with Gasteiger partial charge in [0.2, 0.25) is 0 Å². The second-order valence-electron chi connectivity index (χ2n) is 5.84. The normalized spacial score (nSPS) is 25.4. The van der Waals surface area contributed by atoms with E-state index >= 15 is 0 Å². The van der Waals surface area contributed by atoms with E-state index in [0.29, 0.717) is 12.3 Å². The smallest absolute Gasteiger partial charge is 0.407 e. The molecule has 0 unspecified atom stereocenters. The van der Waals surface area contributed by atoms with Crippen LogP contribution < -0.4 is 5.32 Å². The highest BCUT2D eigenvalue weighted by molar-refractivity contribution is 5.68. The van der Waals surface area contributed by atoms with Gasteiger partial charge >= 0.3 is 6.09 Å². The van der Waals surface area contributed by atoms with Crippen LogP contribution in [0.4, 0.5) is 9.18 Å². The summed E-state index contributed by atoms with van der Waals surface area (Å²) in [4.78, 5) is 11.5. The summed E-state index contributed by atoms with van der Waals surface area (Å²) >= 11 is 0. The van der Waals surface area contributed by atoms with Gasteiger partial charge in [-0.1, -0.05) is 0 Å². The van der Waals surface area contributed by atoms with E-state index < -0.39 is 5.60 Å². The minimum atomic E-state index is -0.449. The van der Waals surface area contributed by atoms with Crippen LogP contribution in [-0.4, -0.2) is 24.4 Å². The number of ether oxygens (including phenoxy) is 1.